The van der Waals surface area contributed by atoms with E-state index in [9.17, 15) is 0 Å². The molecule has 3 rings (SSSR count). The van der Waals surface area contributed by atoms with Gasteiger partial charge in [-0.1, -0.05) is 31.0 Å². The van der Waals surface area contributed by atoms with Gasteiger partial charge in [0.15, 0.2) is 0 Å². The summed E-state index contributed by atoms with van der Waals surface area (Å²) in [5.41, 5.74) is 8.49. The number of nitrogens with zero attached hydrogens (tertiary/aromatic N) is 2. The molecule has 0 bridgehead atoms. The molecule has 0 aliphatic heterocycles. The molecular formula is C17H22N4. The van der Waals surface area contributed by atoms with Gasteiger partial charge in [0.1, 0.15) is 5.84 Å². The van der Waals surface area contributed by atoms with Crippen molar-refractivity contribution < 1.29 is 0 Å². The summed E-state index contributed by atoms with van der Waals surface area (Å²) in [6.45, 7) is 1.02. The van der Waals surface area contributed by atoms with Gasteiger partial charge in [-0.25, -0.2) is 0 Å². The minimum Gasteiger partial charge on any atom is -0.384 e. The van der Waals surface area contributed by atoms with Gasteiger partial charge in [-0.05, 0) is 24.8 Å². The Morgan fingerprint density at radius 2 is 2.05 bits per heavy atom. The van der Waals surface area contributed by atoms with E-state index in [1.54, 1.807) is 6.20 Å². The molecule has 1 aliphatic rings. The second-order valence-electron chi connectivity index (χ2n) is 5.98. The van der Waals surface area contributed by atoms with Crippen LogP contribution in [0.25, 0.3) is 10.9 Å². The summed E-state index contributed by atoms with van der Waals surface area (Å²) < 4.78 is 0. The normalized spacial score (nSPS) is 15.5. The Bertz CT molecular complexity index is 659. The maximum absolute atomic E-state index is 7.84. The zero-order chi connectivity index (χ0) is 14.8. The van der Waals surface area contributed by atoms with E-state index in [0.29, 0.717) is 0 Å². The largest absolute Gasteiger partial charge is 0.384 e. The Labute approximate surface area is 125 Å². The molecule has 1 aromatic heterocycles. The first-order valence-electron chi connectivity index (χ1n) is 7.60. The third-order valence-corrected chi connectivity index (χ3v) is 4.43. The first kappa shape index (κ1) is 13.9. The first-order chi connectivity index (χ1) is 10.2. The number of nitrogens with two attached hydrogens (primary N) is 1. The van der Waals surface area contributed by atoms with E-state index in [4.69, 9.17) is 11.1 Å². The van der Waals surface area contributed by atoms with Crippen LogP contribution in [0.3, 0.4) is 0 Å². The van der Waals surface area contributed by atoms with Gasteiger partial charge in [-0.2, -0.15) is 0 Å². The average Bonchev–Trinajstić information content (AvgIpc) is 2.98. The van der Waals surface area contributed by atoms with Crippen LogP contribution in [0.2, 0.25) is 0 Å². The van der Waals surface area contributed by atoms with Crippen LogP contribution in [0.5, 0.6) is 0 Å². The number of amidine groups is 1. The summed E-state index contributed by atoms with van der Waals surface area (Å²) in [7, 11) is 2.10. The molecule has 0 radical (unpaired) electrons. The Kier molecular flexibility index (Phi) is 3.78. The number of rotatable bonds is 4. The molecule has 110 valence electrons. The Balaban J connectivity index is 2.04. The smallest absolute Gasteiger partial charge is 0.126 e. The number of fused-ring (bicyclic) bond motifs is 1. The van der Waals surface area contributed by atoms with Gasteiger partial charge in [-0.3, -0.25) is 10.4 Å². The first-order valence-corrected chi connectivity index (χ1v) is 7.60. The second-order valence-corrected chi connectivity index (χ2v) is 5.98. The fourth-order valence-corrected chi connectivity index (χ4v) is 3.41. The molecule has 1 saturated carbocycles. The van der Waals surface area contributed by atoms with Gasteiger partial charge >= 0.3 is 0 Å². The summed E-state index contributed by atoms with van der Waals surface area (Å²) in [6, 6.07) is 8.08. The van der Waals surface area contributed by atoms with Crippen LogP contribution in [0, 0.1) is 11.3 Å². The van der Waals surface area contributed by atoms with Gasteiger partial charge in [-0.15, -0.1) is 0 Å². The lowest BCUT2D eigenvalue weighted by atomic mass is 10.0. The Morgan fingerprint density at radius 1 is 1.33 bits per heavy atom. The molecule has 0 unspecified atom stereocenters. The molecule has 2 aromatic rings. The maximum atomic E-state index is 7.84. The highest BCUT2D eigenvalue weighted by molar-refractivity contribution is 6.07. The van der Waals surface area contributed by atoms with Crippen molar-refractivity contribution >= 4 is 22.4 Å². The van der Waals surface area contributed by atoms with Crippen molar-refractivity contribution in [2.24, 2.45) is 11.7 Å². The van der Waals surface area contributed by atoms with E-state index in [1.807, 2.05) is 18.2 Å². The average molecular weight is 282 g/mol. The molecule has 1 heterocycles. The van der Waals surface area contributed by atoms with E-state index in [2.05, 4.69) is 23.0 Å². The van der Waals surface area contributed by atoms with Crippen molar-refractivity contribution in [2.45, 2.75) is 25.7 Å². The summed E-state index contributed by atoms with van der Waals surface area (Å²) in [6.07, 6.45) is 7.03. The van der Waals surface area contributed by atoms with E-state index in [1.165, 1.54) is 25.7 Å². The van der Waals surface area contributed by atoms with Gasteiger partial charge in [0.25, 0.3) is 0 Å². The predicted molar refractivity (Wildman–Crippen MR) is 88.0 cm³/mol. The third-order valence-electron chi connectivity index (χ3n) is 4.43. The molecule has 4 nitrogen and oxygen atoms in total. The number of aromatic nitrogens is 1. The predicted octanol–water partition coefficient (Wildman–Crippen LogP) is 3.15. The van der Waals surface area contributed by atoms with Crippen molar-refractivity contribution in [1.29, 1.82) is 5.41 Å². The summed E-state index contributed by atoms with van der Waals surface area (Å²) in [4.78, 5) is 6.69. The molecule has 0 saturated heterocycles. The number of para-hydroxylation sites is 1. The van der Waals surface area contributed by atoms with Crippen molar-refractivity contribution in [3.63, 3.8) is 0 Å². The van der Waals surface area contributed by atoms with Crippen LogP contribution in [0.4, 0.5) is 5.69 Å². The Morgan fingerprint density at radius 3 is 2.76 bits per heavy atom. The summed E-state index contributed by atoms with van der Waals surface area (Å²) >= 11 is 0. The molecule has 0 atom stereocenters. The number of nitrogens with one attached hydrogen (secondary N) is 1. The van der Waals surface area contributed by atoms with Crippen LogP contribution in [0.15, 0.2) is 30.5 Å². The van der Waals surface area contributed by atoms with Gasteiger partial charge in [0, 0.05) is 25.2 Å². The van der Waals surface area contributed by atoms with Crippen molar-refractivity contribution in [1.82, 2.24) is 4.98 Å². The second kappa shape index (κ2) is 5.72. The van der Waals surface area contributed by atoms with Crippen LogP contribution >= 0.6 is 0 Å². The number of benzene rings is 1. The lowest BCUT2D eigenvalue weighted by molar-refractivity contribution is 0.547. The monoisotopic (exact) mass is 282 g/mol. The highest BCUT2D eigenvalue weighted by Crippen LogP contribution is 2.32. The van der Waals surface area contributed by atoms with Crippen molar-refractivity contribution in [3.05, 3.63) is 36.0 Å². The molecular weight excluding hydrogens is 260 g/mol. The number of anilines is 1. The zero-order valence-corrected chi connectivity index (χ0v) is 12.5. The van der Waals surface area contributed by atoms with Crippen molar-refractivity contribution in [2.75, 3.05) is 18.5 Å². The van der Waals surface area contributed by atoms with Crippen LogP contribution in [0.1, 0.15) is 31.2 Å². The lowest BCUT2D eigenvalue weighted by Crippen LogP contribution is -2.27. The van der Waals surface area contributed by atoms with Crippen LogP contribution in [-0.2, 0) is 0 Å². The minimum atomic E-state index is 0.0847. The number of hydrogen-bond acceptors (Lipinski definition) is 3. The van der Waals surface area contributed by atoms with E-state index < -0.39 is 0 Å². The van der Waals surface area contributed by atoms with Gasteiger partial charge in [0.2, 0.25) is 0 Å². The third kappa shape index (κ3) is 2.71. The van der Waals surface area contributed by atoms with Crippen molar-refractivity contribution in [3.8, 4) is 0 Å². The van der Waals surface area contributed by atoms with Gasteiger partial charge < -0.3 is 10.6 Å². The van der Waals surface area contributed by atoms with E-state index in [0.717, 1.165) is 34.6 Å². The molecule has 0 amide bonds. The van der Waals surface area contributed by atoms with E-state index >= 15 is 0 Å². The number of pyridine rings is 1. The zero-order valence-electron chi connectivity index (χ0n) is 12.5. The topological polar surface area (TPSA) is 66.0 Å². The fourth-order valence-electron chi connectivity index (χ4n) is 3.41. The molecule has 3 N–H and O–H groups in total. The molecule has 1 fully saturated rings. The number of nitrogen functional groups attached to an aromatic ring is 1. The standard InChI is InChI=1S/C17H22N4/c1-21(11-12-6-2-3-7-12)16-13-8-4-5-9-15(13)20-10-14(16)17(18)19/h4-5,8-10,12H,2-3,6-7,11H2,1H3,(H3,18,19). The maximum Gasteiger partial charge on any atom is 0.126 e. The summed E-state index contributed by atoms with van der Waals surface area (Å²) in [5, 5.41) is 8.92. The lowest BCUT2D eigenvalue weighted by Gasteiger charge is -2.26. The molecule has 1 aliphatic carbocycles. The molecule has 0 spiro atoms. The fraction of sp³-hybridized carbons (Fsp3) is 0.412. The molecule has 1 aromatic carbocycles. The molecule has 4 heteroatoms. The van der Waals surface area contributed by atoms with E-state index in [-0.39, 0.29) is 5.84 Å². The van der Waals surface area contributed by atoms with Gasteiger partial charge in [0.05, 0.1) is 16.8 Å². The molecule has 21 heavy (non-hydrogen) atoms. The SMILES string of the molecule is CN(CC1CCCC1)c1c(C(=N)N)cnc2ccccc12. The summed E-state index contributed by atoms with van der Waals surface area (Å²) in [5.74, 6) is 0.836. The Hall–Kier alpha value is -2.10. The highest BCUT2D eigenvalue weighted by Gasteiger charge is 2.20. The number of hydrogen-bond donors (Lipinski definition) is 2. The van der Waals surface area contributed by atoms with Crippen LogP contribution < -0.4 is 10.6 Å². The highest BCUT2D eigenvalue weighted by atomic mass is 15.1. The van der Waals surface area contributed by atoms with Crippen LogP contribution in [-0.4, -0.2) is 24.4 Å². The minimum absolute atomic E-state index is 0.0847. The quantitative estimate of drug-likeness (QED) is 0.668.